The summed E-state index contributed by atoms with van der Waals surface area (Å²) < 4.78 is 0. The highest BCUT2D eigenvalue weighted by Crippen LogP contribution is 2.50. The first-order chi connectivity index (χ1) is 8.71. The van der Waals surface area contributed by atoms with Crippen molar-refractivity contribution >= 4 is 0 Å². The minimum absolute atomic E-state index is 0.226. The lowest BCUT2D eigenvalue weighted by Crippen LogP contribution is -2.51. The molecule has 0 radical (unpaired) electrons. The Labute approximate surface area is 113 Å². The third-order valence-electron chi connectivity index (χ3n) is 6.39. The van der Waals surface area contributed by atoms with Gasteiger partial charge in [0.05, 0.1) is 0 Å². The molecule has 0 aromatic rings. The molecule has 0 heterocycles. The summed E-state index contributed by atoms with van der Waals surface area (Å²) in [6, 6.07) is 0. The maximum Gasteiger partial charge on any atom is 0.0185 e. The molecule has 0 aliphatic heterocycles. The lowest BCUT2D eigenvalue weighted by Gasteiger charge is -2.46. The molecule has 18 heavy (non-hydrogen) atoms. The molecule has 0 spiro atoms. The first-order valence-corrected chi connectivity index (χ1v) is 8.50. The molecule has 2 N–H and O–H groups in total. The molecule has 1 nitrogen and oxygen atoms in total. The van der Waals surface area contributed by atoms with Crippen LogP contribution >= 0.6 is 0 Å². The summed E-state index contributed by atoms with van der Waals surface area (Å²) >= 11 is 0. The molecule has 3 fully saturated rings. The Morgan fingerprint density at radius 3 is 2.28 bits per heavy atom. The Morgan fingerprint density at radius 1 is 0.944 bits per heavy atom. The van der Waals surface area contributed by atoms with Gasteiger partial charge in [-0.1, -0.05) is 39.0 Å². The predicted octanol–water partition coefficient (Wildman–Crippen LogP) is 4.50. The zero-order chi connectivity index (χ0) is 12.6. The van der Waals surface area contributed by atoms with Crippen LogP contribution in [0.5, 0.6) is 0 Å². The van der Waals surface area contributed by atoms with Crippen molar-refractivity contribution < 1.29 is 0 Å². The second-order valence-corrected chi connectivity index (χ2v) is 7.55. The monoisotopic (exact) mass is 249 g/mol. The highest BCUT2D eigenvalue weighted by Gasteiger charge is 2.44. The first kappa shape index (κ1) is 13.0. The second-order valence-electron chi connectivity index (χ2n) is 7.55. The average molecular weight is 249 g/mol. The van der Waals surface area contributed by atoms with Crippen LogP contribution in [-0.2, 0) is 0 Å². The van der Waals surface area contributed by atoms with E-state index in [9.17, 15) is 0 Å². The van der Waals surface area contributed by atoms with E-state index in [2.05, 4.69) is 6.92 Å². The van der Waals surface area contributed by atoms with E-state index < -0.39 is 0 Å². The summed E-state index contributed by atoms with van der Waals surface area (Å²) in [6.45, 7) is 2.35. The minimum Gasteiger partial charge on any atom is -0.325 e. The summed E-state index contributed by atoms with van der Waals surface area (Å²) in [5.41, 5.74) is 7.10. The van der Waals surface area contributed by atoms with Gasteiger partial charge in [-0.25, -0.2) is 0 Å². The van der Waals surface area contributed by atoms with Crippen LogP contribution in [0.1, 0.15) is 77.6 Å². The fourth-order valence-corrected chi connectivity index (χ4v) is 4.87. The van der Waals surface area contributed by atoms with E-state index in [0.717, 1.165) is 23.7 Å². The summed E-state index contributed by atoms with van der Waals surface area (Å²) in [5.74, 6) is 3.92. The molecule has 0 amide bonds. The van der Waals surface area contributed by atoms with Crippen molar-refractivity contribution in [2.24, 2.45) is 29.4 Å². The largest absolute Gasteiger partial charge is 0.325 e. The van der Waals surface area contributed by atoms with E-state index in [-0.39, 0.29) is 5.54 Å². The van der Waals surface area contributed by atoms with Crippen LogP contribution in [0.25, 0.3) is 0 Å². The van der Waals surface area contributed by atoms with Crippen LogP contribution in [-0.4, -0.2) is 5.54 Å². The molecule has 3 aliphatic rings. The fraction of sp³-hybridized carbons (Fsp3) is 1.00. The van der Waals surface area contributed by atoms with Gasteiger partial charge in [-0.3, -0.25) is 0 Å². The highest BCUT2D eigenvalue weighted by atomic mass is 14.8. The van der Waals surface area contributed by atoms with Crippen molar-refractivity contribution in [1.29, 1.82) is 0 Å². The third-order valence-corrected chi connectivity index (χ3v) is 6.39. The molecule has 0 aromatic carbocycles. The lowest BCUT2D eigenvalue weighted by atomic mass is 9.63. The van der Waals surface area contributed by atoms with Crippen molar-refractivity contribution in [3.63, 3.8) is 0 Å². The Morgan fingerprint density at radius 2 is 1.67 bits per heavy atom. The van der Waals surface area contributed by atoms with E-state index in [4.69, 9.17) is 5.73 Å². The Balaban J connectivity index is 1.59. The van der Waals surface area contributed by atoms with Crippen molar-refractivity contribution in [1.82, 2.24) is 0 Å². The molecule has 3 rings (SSSR count). The molecule has 2 atom stereocenters. The lowest BCUT2D eigenvalue weighted by molar-refractivity contribution is 0.0992. The fourth-order valence-electron chi connectivity index (χ4n) is 4.87. The number of hydrogen-bond acceptors (Lipinski definition) is 1. The van der Waals surface area contributed by atoms with Crippen LogP contribution in [0, 0.1) is 23.7 Å². The van der Waals surface area contributed by atoms with Gasteiger partial charge >= 0.3 is 0 Å². The number of rotatable bonds is 3. The standard InChI is InChI=1S/C17H31N/c1-2-13-5-9-16(10-6-13)17(18)11-3-4-15(12-17)14-7-8-14/h13-16H,2-12,18H2,1H3. The van der Waals surface area contributed by atoms with Gasteiger partial charge in [0.15, 0.2) is 0 Å². The average Bonchev–Trinajstić information content (AvgIpc) is 3.23. The van der Waals surface area contributed by atoms with Gasteiger partial charge in [-0.15, -0.1) is 0 Å². The van der Waals surface area contributed by atoms with Gasteiger partial charge in [0.2, 0.25) is 0 Å². The van der Waals surface area contributed by atoms with Gasteiger partial charge in [0.25, 0.3) is 0 Å². The number of nitrogens with two attached hydrogens (primary N) is 1. The highest BCUT2D eigenvalue weighted by molar-refractivity contribution is 5.00. The molecule has 0 saturated heterocycles. The van der Waals surface area contributed by atoms with E-state index >= 15 is 0 Å². The van der Waals surface area contributed by atoms with E-state index in [1.807, 2.05) is 0 Å². The molecule has 0 bridgehead atoms. The van der Waals surface area contributed by atoms with Crippen LogP contribution in [0.3, 0.4) is 0 Å². The molecule has 3 saturated carbocycles. The SMILES string of the molecule is CCC1CCC(C2(N)CCCC(C3CC3)C2)CC1. The van der Waals surface area contributed by atoms with Crippen molar-refractivity contribution in [3.8, 4) is 0 Å². The van der Waals surface area contributed by atoms with Crippen LogP contribution in [0.4, 0.5) is 0 Å². The molecular formula is C17H31N. The van der Waals surface area contributed by atoms with Crippen LogP contribution in [0.2, 0.25) is 0 Å². The van der Waals surface area contributed by atoms with E-state index in [1.54, 1.807) is 0 Å². The second kappa shape index (κ2) is 5.15. The molecule has 2 unspecified atom stereocenters. The predicted molar refractivity (Wildman–Crippen MR) is 77.3 cm³/mol. The van der Waals surface area contributed by atoms with Gasteiger partial charge in [-0.2, -0.15) is 0 Å². The van der Waals surface area contributed by atoms with Crippen LogP contribution in [0.15, 0.2) is 0 Å². The molecule has 0 aromatic heterocycles. The van der Waals surface area contributed by atoms with Crippen molar-refractivity contribution in [3.05, 3.63) is 0 Å². The summed E-state index contributed by atoms with van der Waals surface area (Å²) in [7, 11) is 0. The molecule has 104 valence electrons. The van der Waals surface area contributed by atoms with E-state index in [1.165, 1.54) is 70.6 Å². The minimum atomic E-state index is 0.226. The van der Waals surface area contributed by atoms with Crippen molar-refractivity contribution in [2.45, 2.75) is 83.1 Å². The maximum atomic E-state index is 6.88. The zero-order valence-electron chi connectivity index (χ0n) is 12.2. The quantitative estimate of drug-likeness (QED) is 0.783. The summed E-state index contributed by atoms with van der Waals surface area (Å²) in [5, 5.41) is 0. The topological polar surface area (TPSA) is 26.0 Å². The summed E-state index contributed by atoms with van der Waals surface area (Å²) in [4.78, 5) is 0. The Hall–Kier alpha value is -0.0400. The van der Waals surface area contributed by atoms with Crippen molar-refractivity contribution in [2.75, 3.05) is 0 Å². The maximum absolute atomic E-state index is 6.88. The first-order valence-electron chi connectivity index (χ1n) is 8.50. The van der Waals surface area contributed by atoms with E-state index in [0.29, 0.717) is 0 Å². The smallest absolute Gasteiger partial charge is 0.0185 e. The van der Waals surface area contributed by atoms with Gasteiger partial charge < -0.3 is 5.73 Å². The normalized spacial score (nSPS) is 46.0. The molecule has 1 heteroatoms. The third kappa shape index (κ3) is 2.61. The number of hydrogen-bond donors (Lipinski definition) is 1. The van der Waals surface area contributed by atoms with Gasteiger partial charge in [-0.05, 0) is 62.2 Å². The Kier molecular flexibility index (Phi) is 3.71. The molecular weight excluding hydrogens is 218 g/mol. The zero-order valence-corrected chi connectivity index (χ0v) is 12.2. The summed E-state index contributed by atoms with van der Waals surface area (Å²) in [6.07, 6.45) is 15.7. The van der Waals surface area contributed by atoms with Gasteiger partial charge in [0.1, 0.15) is 0 Å². The van der Waals surface area contributed by atoms with Gasteiger partial charge in [0, 0.05) is 5.54 Å². The van der Waals surface area contributed by atoms with Crippen LogP contribution < -0.4 is 5.73 Å². The Bertz CT molecular complexity index is 275. The molecule has 3 aliphatic carbocycles.